The van der Waals surface area contributed by atoms with Crippen LogP contribution in [0.5, 0.6) is 0 Å². The van der Waals surface area contributed by atoms with E-state index in [0.29, 0.717) is 17.8 Å². The van der Waals surface area contributed by atoms with Gasteiger partial charge in [-0.3, -0.25) is 9.78 Å². The average molecular weight is 470 g/mol. The number of carbonyl (C=O) groups excluding carboxylic acids is 1. The molecule has 0 fully saturated rings. The number of sulfone groups is 1. The lowest BCUT2D eigenvalue weighted by atomic mass is 9.97. The van der Waals surface area contributed by atoms with Crippen molar-refractivity contribution in [3.8, 4) is 0 Å². The Bertz CT molecular complexity index is 1020. The predicted octanol–water partition coefficient (Wildman–Crippen LogP) is 3.37. The molecule has 0 atom stereocenters. The van der Waals surface area contributed by atoms with Crippen molar-refractivity contribution in [3.05, 3.63) is 53.9 Å². The van der Waals surface area contributed by atoms with Gasteiger partial charge in [-0.2, -0.15) is 26.3 Å². The summed E-state index contributed by atoms with van der Waals surface area (Å²) < 4.78 is 101. The zero-order valence-electron chi connectivity index (χ0n) is 15.8. The van der Waals surface area contributed by atoms with Crippen LogP contribution >= 0.6 is 0 Å². The maximum absolute atomic E-state index is 12.8. The van der Waals surface area contributed by atoms with Crippen molar-refractivity contribution in [2.45, 2.75) is 36.2 Å². The molecule has 2 aromatic rings. The van der Waals surface area contributed by atoms with Crippen LogP contribution < -0.4 is 5.32 Å². The first-order valence-electron chi connectivity index (χ1n) is 8.55. The Morgan fingerprint density at radius 1 is 1.00 bits per heavy atom. The molecule has 0 saturated heterocycles. The predicted molar refractivity (Wildman–Crippen MR) is 96.7 cm³/mol. The molecule has 2 rings (SSSR count). The first-order chi connectivity index (χ1) is 14.1. The highest BCUT2D eigenvalue weighted by atomic mass is 32.2. The van der Waals surface area contributed by atoms with Crippen LogP contribution in [0.1, 0.15) is 18.2 Å². The second-order valence-corrected chi connectivity index (χ2v) is 8.69. The summed E-state index contributed by atoms with van der Waals surface area (Å²) >= 11 is 0. The molecule has 13 heteroatoms. The molecule has 0 radical (unpaired) electrons. The highest BCUT2D eigenvalue weighted by Crippen LogP contribution is 2.49. The molecule has 0 aliphatic rings. The van der Waals surface area contributed by atoms with Crippen molar-refractivity contribution in [2.24, 2.45) is 0 Å². The third kappa shape index (κ3) is 5.15. The van der Waals surface area contributed by atoms with E-state index in [1.54, 1.807) is 0 Å². The van der Waals surface area contributed by atoms with E-state index in [0.717, 1.165) is 6.07 Å². The lowest BCUT2D eigenvalue weighted by molar-refractivity contribution is -0.377. The Kier molecular flexibility index (Phi) is 6.71. The monoisotopic (exact) mass is 470 g/mol. The maximum atomic E-state index is 12.8. The van der Waals surface area contributed by atoms with Gasteiger partial charge in [-0.1, -0.05) is 19.1 Å². The molecular weight excluding hydrogens is 454 g/mol. The molecule has 0 aliphatic heterocycles. The zero-order valence-corrected chi connectivity index (χ0v) is 16.6. The Hall–Kier alpha value is -2.67. The molecule has 0 saturated carbocycles. The highest BCUT2D eigenvalue weighted by Gasteiger charge is 2.72. The number of alkyl halides is 6. The van der Waals surface area contributed by atoms with Gasteiger partial charge in [-0.25, -0.2) is 8.42 Å². The number of carbonyl (C=O) groups is 1. The van der Waals surface area contributed by atoms with Crippen LogP contribution in [0.15, 0.2) is 47.5 Å². The summed E-state index contributed by atoms with van der Waals surface area (Å²) in [6, 6.07) is 6.47. The number of pyridine rings is 1. The second-order valence-electron chi connectivity index (χ2n) is 6.41. The van der Waals surface area contributed by atoms with Gasteiger partial charge in [0.25, 0.3) is 5.60 Å². The molecule has 1 amide bonds. The van der Waals surface area contributed by atoms with E-state index in [2.05, 4.69) is 10.3 Å². The normalized spacial score (nSPS) is 13.2. The number of aliphatic hydroxyl groups is 1. The average Bonchev–Trinajstić information content (AvgIpc) is 2.66. The van der Waals surface area contributed by atoms with Crippen LogP contribution in [-0.4, -0.2) is 42.5 Å². The number of halogens is 6. The number of anilines is 1. The van der Waals surface area contributed by atoms with Crippen molar-refractivity contribution in [2.75, 3.05) is 11.1 Å². The smallest absolute Gasteiger partial charge is 0.368 e. The molecule has 1 heterocycles. The third-order valence-electron chi connectivity index (χ3n) is 4.27. The van der Waals surface area contributed by atoms with Gasteiger partial charge in [-0.05, 0) is 29.8 Å². The molecular formula is C18H16F6N2O4S. The van der Waals surface area contributed by atoms with E-state index in [1.165, 1.54) is 31.2 Å². The zero-order chi connectivity index (χ0) is 23.7. The van der Waals surface area contributed by atoms with Crippen LogP contribution in [-0.2, 0) is 26.7 Å². The standard InChI is InChI=1S/C18H16F6N2O4S/c1-2-31(29,30)13-6-3-11(4-7-13)9-15(27)26-12-5-8-14(25-10-12)16(28,17(19,20)21)18(22,23)24/h3-8,10,28H,2,9H2,1H3,(H,26,27). The minimum atomic E-state index is -6.07. The van der Waals surface area contributed by atoms with Crippen LogP contribution in [0.25, 0.3) is 0 Å². The molecule has 170 valence electrons. The van der Waals surface area contributed by atoms with Gasteiger partial charge >= 0.3 is 12.4 Å². The number of amides is 1. The van der Waals surface area contributed by atoms with Crippen LogP contribution in [0.3, 0.4) is 0 Å². The number of benzene rings is 1. The van der Waals surface area contributed by atoms with E-state index in [4.69, 9.17) is 0 Å². The molecule has 6 nitrogen and oxygen atoms in total. The molecule has 31 heavy (non-hydrogen) atoms. The lowest BCUT2D eigenvalue weighted by Gasteiger charge is -2.31. The number of hydrogen-bond acceptors (Lipinski definition) is 5. The van der Waals surface area contributed by atoms with E-state index < -0.39 is 39.4 Å². The SMILES string of the molecule is CCS(=O)(=O)c1ccc(CC(=O)Nc2ccc(C(O)(C(F)(F)F)C(F)(F)F)nc2)cc1. The fourth-order valence-corrected chi connectivity index (χ4v) is 3.39. The first-order valence-corrected chi connectivity index (χ1v) is 10.2. The fraction of sp³-hybridized carbons (Fsp3) is 0.333. The summed E-state index contributed by atoms with van der Waals surface area (Å²) in [4.78, 5) is 15.1. The van der Waals surface area contributed by atoms with Crippen molar-refractivity contribution in [1.82, 2.24) is 4.98 Å². The summed E-state index contributed by atoms with van der Waals surface area (Å²) in [6.07, 6.45) is -11.8. The van der Waals surface area contributed by atoms with Crippen molar-refractivity contribution in [3.63, 3.8) is 0 Å². The summed E-state index contributed by atoms with van der Waals surface area (Å²) in [6.45, 7) is 1.47. The summed E-state index contributed by atoms with van der Waals surface area (Å²) in [5, 5.41) is 11.5. The van der Waals surface area contributed by atoms with E-state index in [-0.39, 0.29) is 22.8 Å². The fourth-order valence-electron chi connectivity index (χ4n) is 2.50. The largest absolute Gasteiger partial charge is 0.432 e. The molecule has 0 aliphatic carbocycles. The van der Waals surface area contributed by atoms with Crippen molar-refractivity contribution in [1.29, 1.82) is 0 Å². The quantitative estimate of drug-likeness (QED) is 0.632. The molecule has 0 bridgehead atoms. The molecule has 1 aromatic carbocycles. The van der Waals surface area contributed by atoms with Gasteiger partial charge in [0, 0.05) is 0 Å². The van der Waals surface area contributed by atoms with Crippen molar-refractivity contribution >= 4 is 21.4 Å². The summed E-state index contributed by atoms with van der Waals surface area (Å²) in [5.74, 6) is -0.782. The van der Waals surface area contributed by atoms with Crippen molar-refractivity contribution < 1.29 is 44.7 Å². The Balaban J connectivity index is 2.14. The molecule has 0 unspecified atom stereocenters. The van der Waals surface area contributed by atoms with Crippen LogP contribution in [0.4, 0.5) is 32.0 Å². The Morgan fingerprint density at radius 2 is 1.55 bits per heavy atom. The van der Waals surface area contributed by atoms with Crippen LogP contribution in [0.2, 0.25) is 0 Å². The summed E-state index contributed by atoms with van der Waals surface area (Å²) in [5.41, 5.74) is -6.65. The maximum Gasteiger partial charge on any atom is 0.432 e. The van der Waals surface area contributed by atoms with Gasteiger partial charge in [0.1, 0.15) is 0 Å². The second kappa shape index (κ2) is 8.46. The highest BCUT2D eigenvalue weighted by molar-refractivity contribution is 7.91. The number of nitrogens with zero attached hydrogens (tertiary/aromatic N) is 1. The summed E-state index contributed by atoms with van der Waals surface area (Å²) in [7, 11) is -3.42. The van der Waals surface area contributed by atoms with Gasteiger partial charge < -0.3 is 10.4 Å². The Morgan fingerprint density at radius 3 is 1.97 bits per heavy atom. The van der Waals surface area contributed by atoms with E-state index >= 15 is 0 Å². The van der Waals surface area contributed by atoms with Gasteiger partial charge in [-0.15, -0.1) is 0 Å². The third-order valence-corrected chi connectivity index (χ3v) is 6.02. The topological polar surface area (TPSA) is 96.4 Å². The molecule has 2 N–H and O–H groups in total. The number of aromatic nitrogens is 1. The van der Waals surface area contributed by atoms with Gasteiger partial charge in [0.2, 0.25) is 5.91 Å². The molecule has 1 aromatic heterocycles. The van der Waals surface area contributed by atoms with Gasteiger partial charge in [0.05, 0.1) is 34.6 Å². The van der Waals surface area contributed by atoms with Gasteiger partial charge in [0.15, 0.2) is 9.84 Å². The van der Waals surface area contributed by atoms with E-state index in [9.17, 15) is 44.7 Å². The Labute approximate surface area is 172 Å². The lowest BCUT2D eigenvalue weighted by Crippen LogP contribution is -2.54. The number of nitrogens with one attached hydrogen (secondary N) is 1. The number of hydrogen-bond donors (Lipinski definition) is 2. The minimum absolute atomic E-state index is 0.0702. The minimum Gasteiger partial charge on any atom is -0.368 e. The van der Waals surface area contributed by atoms with E-state index in [1.807, 2.05) is 0 Å². The first kappa shape index (κ1) is 24.6. The van der Waals surface area contributed by atoms with Crippen LogP contribution in [0, 0.1) is 0 Å². The number of rotatable bonds is 6. The molecule has 0 spiro atoms.